The van der Waals surface area contributed by atoms with Crippen molar-refractivity contribution in [1.29, 1.82) is 0 Å². The highest BCUT2D eigenvalue weighted by molar-refractivity contribution is 5.84. The SMILES string of the molecule is CC(C)(C)OC(=O)N1CCC(c2ccc(-n3c(-c4cccnc4N)nc4ccc(-c5ccccc5)nc43)cc2)CC1. The van der Waals surface area contributed by atoms with Crippen LogP contribution in [-0.4, -0.2) is 49.2 Å². The van der Waals surface area contributed by atoms with E-state index < -0.39 is 5.60 Å². The fourth-order valence-corrected chi connectivity index (χ4v) is 5.38. The Kier molecular flexibility index (Phi) is 6.91. The lowest BCUT2D eigenvalue weighted by atomic mass is 9.89. The van der Waals surface area contributed by atoms with E-state index in [0.717, 1.165) is 46.5 Å². The number of hydrogen-bond acceptors (Lipinski definition) is 6. The number of anilines is 1. The van der Waals surface area contributed by atoms with Crippen LogP contribution in [0.25, 0.3) is 39.5 Å². The van der Waals surface area contributed by atoms with Crippen molar-refractivity contribution in [3.63, 3.8) is 0 Å². The van der Waals surface area contributed by atoms with Gasteiger partial charge in [0.15, 0.2) is 11.5 Å². The second-order valence-corrected chi connectivity index (χ2v) is 11.4. The maximum absolute atomic E-state index is 12.5. The lowest BCUT2D eigenvalue weighted by Gasteiger charge is -2.33. The maximum atomic E-state index is 12.5. The van der Waals surface area contributed by atoms with Crippen molar-refractivity contribution in [3.05, 3.63) is 90.6 Å². The van der Waals surface area contributed by atoms with E-state index >= 15 is 0 Å². The Hall–Kier alpha value is -4.72. The molecule has 0 atom stereocenters. The number of pyridine rings is 2. The Morgan fingerprint density at radius 3 is 2.32 bits per heavy atom. The number of hydrogen-bond donors (Lipinski definition) is 1. The number of aromatic nitrogens is 4. The largest absolute Gasteiger partial charge is 0.444 e. The number of piperidine rings is 1. The molecule has 5 aromatic rings. The molecule has 8 heteroatoms. The van der Waals surface area contributed by atoms with Crippen LogP contribution in [0.5, 0.6) is 0 Å². The average molecular weight is 547 g/mol. The van der Waals surface area contributed by atoms with E-state index in [2.05, 4.69) is 45.9 Å². The van der Waals surface area contributed by atoms with Crippen molar-refractivity contribution in [3.8, 4) is 28.3 Å². The van der Waals surface area contributed by atoms with Crippen LogP contribution in [0.3, 0.4) is 0 Å². The minimum absolute atomic E-state index is 0.233. The third-order valence-corrected chi connectivity index (χ3v) is 7.42. The summed E-state index contributed by atoms with van der Waals surface area (Å²) < 4.78 is 7.62. The number of carbonyl (C=O) groups excluding carboxylic acids is 1. The van der Waals surface area contributed by atoms with Gasteiger partial charge in [-0.2, -0.15) is 0 Å². The summed E-state index contributed by atoms with van der Waals surface area (Å²) in [7, 11) is 0. The second-order valence-electron chi connectivity index (χ2n) is 11.4. The van der Waals surface area contributed by atoms with Gasteiger partial charge in [0.1, 0.15) is 16.9 Å². The summed E-state index contributed by atoms with van der Waals surface area (Å²) in [6, 6.07) is 26.5. The van der Waals surface area contributed by atoms with E-state index in [1.165, 1.54) is 5.56 Å². The molecule has 1 amide bonds. The van der Waals surface area contributed by atoms with E-state index in [1.54, 1.807) is 6.20 Å². The van der Waals surface area contributed by atoms with Crippen LogP contribution in [0.4, 0.5) is 10.6 Å². The molecule has 1 saturated heterocycles. The van der Waals surface area contributed by atoms with E-state index in [4.69, 9.17) is 20.4 Å². The Labute approximate surface area is 239 Å². The molecule has 2 aromatic carbocycles. The van der Waals surface area contributed by atoms with Gasteiger partial charge in [-0.1, -0.05) is 42.5 Å². The topological polar surface area (TPSA) is 99.2 Å². The molecule has 0 radical (unpaired) electrons. The Morgan fingerprint density at radius 1 is 0.902 bits per heavy atom. The number of fused-ring (bicyclic) bond motifs is 1. The molecule has 1 aliphatic heterocycles. The molecule has 4 heterocycles. The first kappa shape index (κ1) is 26.5. The first-order valence-corrected chi connectivity index (χ1v) is 14.0. The molecular weight excluding hydrogens is 512 g/mol. The lowest BCUT2D eigenvalue weighted by molar-refractivity contribution is 0.0205. The fraction of sp³-hybridized carbons (Fsp3) is 0.273. The molecule has 0 aliphatic carbocycles. The number of ether oxygens (including phenoxy) is 1. The van der Waals surface area contributed by atoms with Crippen LogP contribution < -0.4 is 5.73 Å². The highest BCUT2D eigenvalue weighted by Gasteiger charge is 2.27. The Balaban J connectivity index is 1.33. The summed E-state index contributed by atoms with van der Waals surface area (Å²) in [6.45, 7) is 7.06. The van der Waals surface area contributed by atoms with Gasteiger partial charge in [-0.25, -0.2) is 19.7 Å². The fourth-order valence-electron chi connectivity index (χ4n) is 5.38. The monoisotopic (exact) mass is 546 g/mol. The number of carbonyl (C=O) groups is 1. The van der Waals surface area contributed by atoms with Crippen molar-refractivity contribution in [2.45, 2.75) is 45.1 Å². The normalized spacial score (nSPS) is 14.4. The van der Waals surface area contributed by atoms with Crippen molar-refractivity contribution in [1.82, 2.24) is 24.4 Å². The highest BCUT2D eigenvalue weighted by atomic mass is 16.6. The molecule has 1 fully saturated rings. The molecule has 3 aromatic heterocycles. The Bertz CT molecular complexity index is 1680. The number of nitrogens with zero attached hydrogens (tertiary/aromatic N) is 5. The van der Waals surface area contributed by atoms with Crippen LogP contribution in [0.1, 0.15) is 45.1 Å². The molecule has 2 N–H and O–H groups in total. The van der Waals surface area contributed by atoms with Gasteiger partial charge in [0, 0.05) is 30.5 Å². The van der Waals surface area contributed by atoms with E-state index in [9.17, 15) is 4.79 Å². The summed E-state index contributed by atoms with van der Waals surface area (Å²) >= 11 is 0. The van der Waals surface area contributed by atoms with Crippen LogP contribution >= 0.6 is 0 Å². The number of likely N-dealkylation sites (tertiary alicyclic amines) is 1. The zero-order chi connectivity index (χ0) is 28.6. The standard InChI is InChI=1S/C33H34N6O2/c1-33(2,3)41-32(40)38-20-17-23(18-21-38)22-11-13-25(14-12-22)39-30(26-10-7-19-35-29(26)34)37-28-16-15-27(36-31(28)39)24-8-5-4-6-9-24/h4-16,19,23H,17-18,20-21H2,1-3H3,(H2,34,35). The van der Waals surface area contributed by atoms with Gasteiger partial charge in [0.25, 0.3) is 0 Å². The average Bonchev–Trinajstić information content (AvgIpc) is 3.36. The minimum Gasteiger partial charge on any atom is -0.444 e. The maximum Gasteiger partial charge on any atom is 0.410 e. The predicted octanol–water partition coefficient (Wildman–Crippen LogP) is 6.85. The third kappa shape index (κ3) is 5.50. The number of rotatable bonds is 4. The summed E-state index contributed by atoms with van der Waals surface area (Å²) in [5.74, 6) is 1.49. The molecular formula is C33H34N6O2. The number of nitrogens with two attached hydrogens (primary N) is 1. The van der Waals surface area contributed by atoms with Gasteiger partial charge < -0.3 is 15.4 Å². The van der Waals surface area contributed by atoms with Gasteiger partial charge in [0.05, 0.1) is 11.3 Å². The highest BCUT2D eigenvalue weighted by Crippen LogP contribution is 2.34. The van der Waals surface area contributed by atoms with Crippen LogP contribution in [0, 0.1) is 0 Å². The number of nitrogen functional groups attached to an aromatic ring is 1. The molecule has 1 aliphatic rings. The van der Waals surface area contributed by atoms with E-state index in [1.807, 2.05) is 68.1 Å². The molecule has 0 spiro atoms. The predicted molar refractivity (Wildman–Crippen MR) is 162 cm³/mol. The molecule has 6 rings (SSSR count). The van der Waals surface area contributed by atoms with Gasteiger partial charge in [-0.15, -0.1) is 0 Å². The number of imidazole rings is 1. The van der Waals surface area contributed by atoms with Crippen molar-refractivity contribution in [2.24, 2.45) is 0 Å². The molecule has 0 unspecified atom stereocenters. The Morgan fingerprint density at radius 2 is 1.63 bits per heavy atom. The van der Waals surface area contributed by atoms with Crippen LogP contribution in [0.2, 0.25) is 0 Å². The summed E-state index contributed by atoms with van der Waals surface area (Å²) in [4.78, 5) is 28.6. The summed E-state index contributed by atoms with van der Waals surface area (Å²) in [5, 5.41) is 0. The van der Waals surface area contributed by atoms with Gasteiger partial charge in [-0.3, -0.25) is 4.57 Å². The van der Waals surface area contributed by atoms with Crippen molar-refractivity contribution in [2.75, 3.05) is 18.8 Å². The van der Waals surface area contributed by atoms with Crippen molar-refractivity contribution >= 4 is 23.1 Å². The molecule has 208 valence electrons. The first-order chi connectivity index (χ1) is 19.8. The number of amides is 1. The third-order valence-electron chi connectivity index (χ3n) is 7.42. The minimum atomic E-state index is -0.489. The van der Waals surface area contributed by atoms with Gasteiger partial charge in [0.2, 0.25) is 0 Å². The second kappa shape index (κ2) is 10.7. The first-order valence-electron chi connectivity index (χ1n) is 14.0. The molecule has 0 bridgehead atoms. The van der Waals surface area contributed by atoms with Crippen molar-refractivity contribution < 1.29 is 9.53 Å². The molecule has 0 saturated carbocycles. The zero-order valence-corrected chi connectivity index (χ0v) is 23.6. The zero-order valence-electron chi connectivity index (χ0n) is 23.6. The summed E-state index contributed by atoms with van der Waals surface area (Å²) in [6.07, 6.45) is 3.24. The van der Waals surface area contributed by atoms with Gasteiger partial charge in [-0.05, 0) is 81.5 Å². The van der Waals surface area contributed by atoms with E-state index in [-0.39, 0.29) is 6.09 Å². The van der Waals surface area contributed by atoms with Gasteiger partial charge >= 0.3 is 6.09 Å². The number of benzene rings is 2. The quantitative estimate of drug-likeness (QED) is 0.265. The smallest absolute Gasteiger partial charge is 0.410 e. The van der Waals surface area contributed by atoms with Crippen LogP contribution in [0.15, 0.2) is 85.1 Å². The van der Waals surface area contributed by atoms with Crippen LogP contribution in [-0.2, 0) is 4.74 Å². The molecule has 8 nitrogen and oxygen atoms in total. The summed E-state index contributed by atoms with van der Waals surface area (Å²) in [5.41, 5.74) is 12.2. The van der Waals surface area contributed by atoms with E-state index in [0.29, 0.717) is 30.6 Å². The molecule has 41 heavy (non-hydrogen) atoms. The lowest BCUT2D eigenvalue weighted by Crippen LogP contribution is -2.41.